The van der Waals surface area contributed by atoms with Crippen molar-refractivity contribution in [2.75, 3.05) is 5.32 Å². The molecule has 104 valence electrons. The molecule has 0 aromatic heterocycles. The molecule has 3 rings (SSSR count). The second-order valence-electron chi connectivity index (χ2n) is 5.41. The smallest absolute Gasteiger partial charge is 0.137 e. The Balaban J connectivity index is 1.78. The Morgan fingerprint density at radius 1 is 1.25 bits per heavy atom. The Kier molecular flexibility index (Phi) is 3.79. The van der Waals surface area contributed by atoms with Gasteiger partial charge in [0.15, 0.2) is 0 Å². The number of hydrogen-bond donors (Lipinski definition) is 1. The van der Waals surface area contributed by atoms with Gasteiger partial charge in [-0.15, -0.1) is 0 Å². The van der Waals surface area contributed by atoms with E-state index in [-0.39, 0.29) is 5.82 Å². The number of nitrogens with one attached hydrogen (secondary N) is 1. The molecule has 2 aromatic rings. The molecule has 0 radical (unpaired) electrons. The van der Waals surface area contributed by atoms with Gasteiger partial charge in [0.25, 0.3) is 0 Å². The summed E-state index contributed by atoms with van der Waals surface area (Å²) in [5.74, 6) is 0.528. The largest absolute Gasteiger partial charge is 0.381 e. The van der Waals surface area contributed by atoms with Gasteiger partial charge in [-0.3, -0.25) is 0 Å². The quantitative estimate of drug-likeness (QED) is 0.791. The average molecular weight is 334 g/mol. The Hall–Kier alpha value is -1.35. The molecule has 0 saturated heterocycles. The molecular weight excluding hydrogens is 317 g/mol. The summed E-state index contributed by atoms with van der Waals surface area (Å²) in [5, 5.41) is 3.42. The predicted molar refractivity (Wildman–Crippen MR) is 84.6 cm³/mol. The summed E-state index contributed by atoms with van der Waals surface area (Å²) in [6.45, 7) is 2.70. The van der Waals surface area contributed by atoms with Crippen LogP contribution in [0.15, 0.2) is 40.9 Å². The monoisotopic (exact) mass is 333 g/mol. The van der Waals surface area contributed by atoms with Gasteiger partial charge in [0.2, 0.25) is 0 Å². The number of benzene rings is 2. The van der Waals surface area contributed by atoms with Crippen LogP contribution in [-0.4, -0.2) is 0 Å². The fraction of sp³-hybridized carbons (Fsp3) is 0.294. The molecule has 1 fully saturated rings. The molecule has 0 heterocycles. The number of aryl methyl sites for hydroxylation is 1. The Morgan fingerprint density at radius 3 is 2.75 bits per heavy atom. The summed E-state index contributed by atoms with van der Waals surface area (Å²) in [4.78, 5) is 0. The van der Waals surface area contributed by atoms with Crippen LogP contribution in [-0.2, 0) is 6.54 Å². The summed E-state index contributed by atoms with van der Waals surface area (Å²) in [6, 6.07) is 12.0. The minimum absolute atomic E-state index is 0.216. The second kappa shape index (κ2) is 5.57. The molecule has 1 nitrogen and oxygen atoms in total. The summed E-state index contributed by atoms with van der Waals surface area (Å²) in [7, 11) is 0. The molecule has 0 spiro atoms. The third kappa shape index (κ3) is 2.88. The molecule has 2 aromatic carbocycles. The van der Waals surface area contributed by atoms with Crippen LogP contribution in [0.5, 0.6) is 0 Å². The van der Waals surface area contributed by atoms with Gasteiger partial charge in [-0.1, -0.05) is 24.3 Å². The highest BCUT2D eigenvalue weighted by atomic mass is 79.9. The van der Waals surface area contributed by atoms with Crippen molar-refractivity contribution in [2.24, 2.45) is 0 Å². The van der Waals surface area contributed by atoms with Crippen molar-refractivity contribution in [1.29, 1.82) is 0 Å². The lowest BCUT2D eigenvalue weighted by atomic mass is 10.0. The highest BCUT2D eigenvalue weighted by molar-refractivity contribution is 9.10. The van der Waals surface area contributed by atoms with Crippen LogP contribution >= 0.6 is 15.9 Å². The van der Waals surface area contributed by atoms with E-state index in [1.165, 1.54) is 24.0 Å². The van der Waals surface area contributed by atoms with E-state index in [2.05, 4.69) is 45.5 Å². The van der Waals surface area contributed by atoms with Crippen LogP contribution in [0.1, 0.15) is 35.4 Å². The molecule has 0 bridgehead atoms. The van der Waals surface area contributed by atoms with E-state index in [0.29, 0.717) is 4.47 Å². The van der Waals surface area contributed by atoms with Gasteiger partial charge in [-0.2, -0.15) is 0 Å². The molecule has 3 heteroatoms. The standard InChI is InChI=1S/C17H17BrFN/c1-11-8-16(19)15(18)9-17(11)20-10-13-4-2-3-5-14(13)12-6-7-12/h2-5,8-9,12,20H,6-7,10H2,1H3. The number of anilines is 1. The maximum Gasteiger partial charge on any atom is 0.137 e. The fourth-order valence-corrected chi connectivity index (χ4v) is 2.86. The van der Waals surface area contributed by atoms with Crippen molar-refractivity contribution in [3.63, 3.8) is 0 Å². The molecule has 0 aliphatic heterocycles. The van der Waals surface area contributed by atoms with E-state index >= 15 is 0 Å². The number of halogens is 2. The van der Waals surface area contributed by atoms with Crippen LogP contribution in [0, 0.1) is 12.7 Å². The van der Waals surface area contributed by atoms with Gasteiger partial charge in [0.1, 0.15) is 5.82 Å². The average Bonchev–Trinajstić information content (AvgIpc) is 3.26. The number of rotatable bonds is 4. The summed E-state index contributed by atoms with van der Waals surface area (Å²) in [6.07, 6.45) is 2.61. The van der Waals surface area contributed by atoms with Gasteiger partial charge in [0, 0.05) is 12.2 Å². The second-order valence-corrected chi connectivity index (χ2v) is 6.26. The van der Waals surface area contributed by atoms with Crippen molar-refractivity contribution in [3.8, 4) is 0 Å². The van der Waals surface area contributed by atoms with Gasteiger partial charge < -0.3 is 5.32 Å². The van der Waals surface area contributed by atoms with Crippen LogP contribution in [0.2, 0.25) is 0 Å². The molecule has 1 saturated carbocycles. The van der Waals surface area contributed by atoms with E-state index < -0.39 is 0 Å². The van der Waals surface area contributed by atoms with Gasteiger partial charge in [0.05, 0.1) is 4.47 Å². The van der Waals surface area contributed by atoms with Gasteiger partial charge in [-0.25, -0.2) is 4.39 Å². The van der Waals surface area contributed by atoms with Crippen LogP contribution in [0.25, 0.3) is 0 Å². The van der Waals surface area contributed by atoms with Gasteiger partial charge in [-0.05, 0) is 70.4 Å². The van der Waals surface area contributed by atoms with E-state index in [9.17, 15) is 4.39 Å². The third-order valence-electron chi connectivity index (χ3n) is 3.81. The van der Waals surface area contributed by atoms with Crippen molar-refractivity contribution in [1.82, 2.24) is 0 Å². The van der Waals surface area contributed by atoms with E-state index in [1.807, 2.05) is 13.0 Å². The SMILES string of the molecule is Cc1cc(F)c(Br)cc1NCc1ccccc1C1CC1. The fourth-order valence-electron chi connectivity index (χ4n) is 2.51. The Labute approximate surface area is 127 Å². The van der Waals surface area contributed by atoms with Crippen molar-refractivity contribution in [2.45, 2.75) is 32.2 Å². The zero-order chi connectivity index (χ0) is 14.1. The van der Waals surface area contributed by atoms with Crippen molar-refractivity contribution in [3.05, 3.63) is 63.4 Å². The maximum atomic E-state index is 13.4. The highest BCUT2D eigenvalue weighted by Crippen LogP contribution is 2.41. The minimum Gasteiger partial charge on any atom is -0.381 e. The predicted octanol–water partition coefficient (Wildman–Crippen LogP) is 5.39. The normalized spacial score (nSPS) is 14.3. The van der Waals surface area contributed by atoms with E-state index in [1.54, 1.807) is 6.07 Å². The maximum absolute atomic E-state index is 13.4. The minimum atomic E-state index is -0.216. The summed E-state index contributed by atoms with van der Waals surface area (Å²) >= 11 is 3.24. The molecule has 0 amide bonds. The van der Waals surface area contributed by atoms with Crippen LogP contribution in [0.4, 0.5) is 10.1 Å². The number of hydrogen-bond acceptors (Lipinski definition) is 1. The first kappa shape index (κ1) is 13.6. The molecule has 20 heavy (non-hydrogen) atoms. The zero-order valence-corrected chi connectivity index (χ0v) is 13.0. The first-order chi connectivity index (χ1) is 9.65. The zero-order valence-electron chi connectivity index (χ0n) is 11.4. The van der Waals surface area contributed by atoms with E-state index in [0.717, 1.165) is 23.7 Å². The molecule has 1 N–H and O–H groups in total. The lowest BCUT2D eigenvalue weighted by Gasteiger charge is -2.13. The molecular formula is C17H17BrFN. The molecule has 0 atom stereocenters. The van der Waals surface area contributed by atoms with Gasteiger partial charge >= 0.3 is 0 Å². The molecule has 1 aliphatic carbocycles. The van der Waals surface area contributed by atoms with Crippen molar-refractivity contribution >= 4 is 21.6 Å². The Bertz CT molecular complexity index is 635. The molecule has 1 aliphatic rings. The highest BCUT2D eigenvalue weighted by Gasteiger charge is 2.25. The summed E-state index contributed by atoms with van der Waals surface area (Å²) < 4.78 is 13.9. The summed E-state index contributed by atoms with van der Waals surface area (Å²) in [5.41, 5.74) is 4.70. The molecule has 0 unspecified atom stereocenters. The van der Waals surface area contributed by atoms with Crippen molar-refractivity contribution < 1.29 is 4.39 Å². The van der Waals surface area contributed by atoms with Crippen LogP contribution < -0.4 is 5.32 Å². The first-order valence-corrected chi connectivity index (χ1v) is 7.72. The Morgan fingerprint density at radius 2 is 2.00 bits per heavy atom. The third-order valence-corrected chi connectivity index (χ3v) is 4.42. The lowest BCUT2D eigenvalue weighted by Crippen LogP contribution is -2.04. The van der Waals surface area contributed by atoms with Crippen LogP contribution in [0.3, 0.4) is 0 Å². The topological polar surface area (TPSA) is 12.0 Å². The first-order valence-electron chi connectivity index (χ1n) is 6.92. The lowest BCUT2D eigenvalue weighted by molar-refractivity contribution is 0.620. The van der Waals surface area contributed by atoms with E-state index in [4.69, 9.17) is 0 Å².